The van der Waals surface area contributed by atoms with Crippen LogP contribution in [0.2, 0.25) is 0 Å². The Labute approximate surface area is 164 Å². The standard InChI is InChI=1S/C19H19FN8O/c1-27-2-4-28(5-3-27)19(29)12-9-21-17-16(12)18(23-10-22-17)25-15-6-11-8-24-26-14(11)7-13(15)20/h6-10H,2-5H2,1H3,(H,24,26)(H2,21,22,23,25). The summed E-state index contributed by atoms with van der Waals surface area (Å²) in [6.07, 6.45) is 4.63. The highest BCUT2D eigenvalue weighted by atomic mass is 19.1. The molecule has 1 aliphatic rings. The van der Waals surface area contributed by atoms with E-state index in [9.17, 15) is 9.18 Å². The Balaban J connectivity index is 1.53. The molecule has 1 amide bonds. The van der Waals surface area contributed by atoms with Crippen molar-refractivity contribution < 1.29 is 9.18 Å². The molecular weight excluding hydrogens is 375 g/mol. The van der Waals surface area contributed by atoms with E-state index in [-0.39, 0.29) is 11.6 Å². The van der Waals surface area contributed by atoms with Gasteiger partial charge in [-0.1, -0.05) is 0 Å². The van der Waals surface area contributed by atoms with Gasteiger partial charge in [0.05, 0.1) is 28.4 Å². The number of piperazine rings is 1. The lowest BCUT2D eigenvalue weighted by molar-refractivity contribution is 0.0666. The number of fused-ring (bicyclic) bond motifs is 2. The Morgan fingerprint density at radius 1 is 1.21 bits per heavy atom. The van der Waals surface area contributed by atoms with E-state index in [4.69, 9.17) is 0 Å². The zero-order valence-electron chi connectivity index (χ0n) is 15.7. The van der Waals surface area contributed by atoms with Gasteiger partial charge in [0.1, 0.15) is 23.6 Å². The number of aromatic nitrogens is 5. The van der Waals surface area contributed by atoms with Gasteiger partial charge in [-0.15, -0.1) is 0 Å². The maximum absolute atomic E-state index is 14.6. The van der Waals surface area contributed by atoms with Gasteiger partial charge in [-0.2, -0.15) is 5.10 Å². The number of H-pyrrole nitrogens is 2. The molecular formula is C19H19FN8O. The number of likely N-dealkylation sites (N-methyl/N-ethyl adjacent to an activating group) is 1. The average molecular weight is 394 g/mol. The lowest BCUT2D eigenvalue weighted by Gasteiger charge is -2.32. The van der Waals surface area contributed by atoms with E-state index in [1.807, 2.05) is 11.9 Å². The van der Waals surface area contributed by atoms with Crippen LogP contribution in [0.15, 0.2) is 30.9 Å². The second-order valence-corrected chi connectivity index (χ2v) is 7.16. The molecule has 0 saturated carbocycles. The summed E-state index contributed by atoms with van der Waals surface area (Å²) < 4.78 is 14.6. The Kier molecular flexibility index (Phi) is 4.13. The number of hydrogen-bond donors (Lipinski definition) is 3. The predicted molar refractivity (Wildman–Crippen MR) is 107 cm³/mol. The Hall–Kier alpha value is -3.53. The summed E-state index contributed by atoms with van der Waals surface area (Å²) in [4.78, 5) is 28.6. The fourth-order valence-electron chi connectivity index (χ4n) is 3.59. The van der Waals surface area contributed by atoms with Crippen LogP contribution in [0.3, 0.4) is 0 Å². The van der Waals surface area contributed by atoms with Crippen molar-refractivity contribution in [1.29, 1.82) is 0 Å². The van der Waals surface area contributed by atoms with Crippen LogP contribution < -0.4 is 5.32 Å². The normalized spacial score (nSPS) is 15.3. The molecule has 148 valence electrons. The van der Waals surface area contributed by atoms with Crippen molar-refractivity contribution in [2.45, 2.75) is 0 Å². The van der Waals surface area contributed by atoms with E-state index in [2.05, 4.69) is 35.4 Å². The molecule has 5 rings (SSSR count). The number of carbonyl (C=O) groups is 1. The highest BCUT2D eigenvalue weighted by Crippen LogP contribution is 2.30. The fraction of sp³-hybridized carbons (Fsp3) is 0.263. The summed E-state index contributed by atoms with van der Waals surface area (Å²) in [7, 11) is 2.04. The predicted octanol–water partition coefficient (Wildman–Crippen LogP) is 2.10. The van der Waals surface area contributed by atoms with Crippen molar-refractivity contribution in [2.24, 2.45) is 0 Å². The van der Waals surface area contributed by atoms with Crippen molar-refractivity contribution in [3.63, 3.8) is 0 Å². The molecule has 1 saturated heterocycles. The number of nitrogens with zero attached hydrogens (tertiary/aromatic N) is 5. The number of anilines is 2. The molecule has 0 bridgehead atoms. The first-order chi connectivity index (χ1) is 14.1. The monoisotopic (exact) mass is 394 g/mol. The van der Waals surface area contributed by atoms with E-state index in [1.54, 1.807) is 18.5 Å². The molecule has 3 N–H and O–H groups in total. The van der Waals surface area contributed by atoms with Crippen LogP contribution >= 0.6 is 0 Å². The molecule has 3 aromatic heterocycles. The Morgan fingerprint density at radius 2 is 2.03 bits per heavy atom. The number of hydrogen-bond acceptors (Lipinski definition) is 6. The molecule has 0 aliphatic carbocycles. The lowest BCUT2D eigenvalue weighted by atomic mass is 10.1. The highest BCUT2D eigenvalue weighted by Gasteiger charge is 2.25. The third kappa shape index (κ3) is 3.07. The quantitative estimate of drug-likeness (QED) is 0.491. The van der Waals surface area contributed by atoms with Gasteiger partial charge >= 0.3 is 0 Å². The first-order valence-electron chi connectivity index (χ1n) is 9.29. The summed E-state index contributed by atoms with van der Waals surface area (Å²) in [5, 5.41) is 11.0. The van der Waals surface area contributed by atoms with Gasteiger partial charge in [-0.05, 0) is 13.1 Å². The maximum atomic E-state index is 14.6. The zero-order chi connectivity index (χ0) is 20.0. The third-order valence-corrected chi connectivity index (χ3v) is 5.27. The molecule has 1 aliphatic heterocycles. The zero-order valence-corrected chi connectivity index (χ0v) is 15.7. The van der Waals surface area contributed by atoms with Crippen molar-refractivity contribution >= 4 is 39.3 Å². The van der Waals surface area contributed by atoms with Crippen LogP contribution in [-0.2, 0) is 0 Å². The molecule has 0 radical (unpaired) electrons. The topological polar surface area (TPSA) is 106 Å². The maximum Gasteiger partial charge on any atom is 0.256 e. The van der Waals surface area contributed by atoms with Crippen molar-refractivity contribution in [3.8, 4) is 0 Å². The van der Waals surface area contributed by atoms with Gasteiger partial charge in [0.25, 0.3) is 5.91 Å². The van der Waals surface area contributed by atoms with Crippen molar-refractivity contribution in [2.75, 3.05) is 38.5 Å². The number of halogens is 1. The summed E-state index contributed by atoms with van der Waals surface area (Å²) in [6.45, 7) is 2.96. The minimum atomic E-state index is -0.448. The SMILES string of the molecule is CN1CCN(C(=O)c2c[nH]c3ncnc(Nc4cc5cn[nH]c5cc4F)c23)CC1. The summed E-state index contributed by atoms with van der Waals surface area (Å²) in [5.41, 5.74) is 1.84. The van der Waals surface area contributed by atoms with E-state index in [0.717, 1.165) is 18.5 Å². The first kappa shape index (κ1) is 17.6. The van der Waals surface area contributed by atoms with Crippen LogP contribution in [-0.4, -0.2) is 74.1 Å². The molecule has 10 heteroatoms. The second kappa shape index (κ2) is 6.82. The molecule has 0 atom stereocenters. The van der Waals surface area contributed by atoms with E-state index in [1.165, 1.54) is 12.4 Å². The van der Waals surface area contributed by atoms with Crippen LogP contribution in [0.5, 0.6) is 0 Å². The van der Waals surface area contributed by atoms with Gasteiger partial charge in [0.2, 0.25) is 0 Å². The molecule has 29 heavy (non-hydrogen) atoms. The molecule has 9 nitrogen and oxygen atoms in total. The Morgan fingerprint density at radius 3 is 2.86 bits per heavy atom. The minimum absolute atomic E-state index is 0.0899. The number of carbonyl (C=O) groups excluding carboxylic acids is 1. The van der Waals surface area contributed by atoms with Gasteiger partial charge in [-0.3, -0.25) is 9.89 Å². The van der Waals surface area contributed by atoms with Gasteiger partial charge < -0.3 is 20.1 Å². The molecule has 4 heterocycles. The molecule has 1 aromatic carbocycles. The van der Waals surface area contributed by atoms with Gasteiger partial charge in [0.15, 0.2) is 0 Å². The average Bonchev–Trinajstić information content (AvgIpc) is 3.35. The number of amides is 1. The van der Waals surface area contributed by atoms with Crippen LogP contribution in [0.4, 0.5) is 15.9 Å². The van der Waals surface area contributed by atoms with E-state index < -0.39 is 5.82 Å². The molecule has 0 unspecified atom stereocenters. The van der Waals surface area contributed by atoms with Crippen LogP contribution in [0, 0.1) is 5.82 Å². The first-order valence-corrected chi connectivity index (χ1v) is 9.29. The minimum Gasteiger partial charge on any atom is -0.345 e. The Bertz CT molecular complexity index is 1210. The van der Waals surface area contributed by atoms with Crippen molar-refractivity contribution in [3.05, 3.63) is 42.2 Å². The summed E-state index contributed by atoms with van der Waals surface area (Å²) in [6, 6.07) is 3.02. The smallest absolute Gasteiger partial charge is 0.256 e. The largest absolute Gasteiger partial charge is 0.345 e. The number of aromatic amines is 2. The van der Waals surface area contributed by atoms with Gasteiger partial charge in [-0.25, -0.2) is 14.4 Å². The number of rotatable bonds is 3. The van der Waals surface area contributed by atoms with E-state index >= 15 is 0 Å². The molecule has 0 spiro atoms. The lowest BCUT2D eigenvalue weighted by Crippen LogP contribution is -2.47. The highest BCUT2D eigenvalue weighted by molar-refractivity contribution is 6.10. The van der Waals surface area contributed by atoms with Crippen LogP contribution in [0.1, 0.15) is 10.4 Å². The second-order valence-electron chi connectivity index (χ2n) is 7.16. The summed E-state index contributed by atoms with van der Waals surface area (Å²) >= 11 is 0. The third-order valence-electron chi connectivity index (χ3n) is 5.27. The molecule has 1 fully saturated rings. The van der Waals surface area contributed by atoms with E-state index in [0.29, 0.717) is 41.0 Å². The number of nitrogens with one attached hydrogen (secondary N) is 3. The van der Waals surface area contributed by atoms with Crippen LogP contribution in [0.25, 0.3) is 21.9 Å². The number of benzene rings is 1. The fourth-order valence-corrected chi connectivity index (χ4v) is 3.59. The molecule has 4 aromatic rings. The van der Waals surface area contributed by atoms with Crippen molar-refractivity contribution in [1.82, 2.24) is 34.9 Å². The van der Waals surface area contributed by atoms with Gasteiger partial charge in [0, 0.05) is 43.8 Å². The summed E-state index contributed by atoms with van der Waals surface area (Å²) in [5.74, 6) is -0.167.